The van der Waals surface area contributed by atoms with Crippen LogP contribution in [0.25, 0.3) is 0 Å². The number of rotatable bonds is 4. The Bertz CT molecular complexity index is 530. The molecular formula is C29H52. The molecule has 4 saturated carbocycles. The van der Waals surface area contributed by atoms with Gasteiger partial charge in [0.15, 0.2) is 0 Å². The molecule has 29 heavy (non-hydrogen) atoms. The Hall–Kier alpha value is -0.260. The average Bonchev–Trinajstić information content (AvgIpc) is 2.71. The third-order valence-electron chi connectivity index (χ3n) is 10.3. The zero-order chi connectivity index (χ0) is 21.2. The first-order valence-corrected chi connectivity index (χ1v) is 13.5. The van der Waals surface area contributed by atoms with Crippen molar-refractivity contribution in [3.63, 3.8) is 0 Å². The highest BCUT2D eigenvalue weighted by Gasteiger charge is 2.57. The Kier molecular flexibility index (Phi) is 7.65. The maximum absolute atomic E-state index is 4.09. The molecule has 0 amide bonds. The van der Waals surface area contributed by atoms with E-state index in [4.69, 9.17) is 0 Å². The summed E-state index contributed by atoms with van der Waals surface area (Å²) in [6.45, 7) is 18.4. The Labute approximate surface area is 183 Å². The zero-order valence-electron chi connectivity index (χ0n) is 20.8. The van der Waals surface area contributed by atoms with Gasteiger partial charge in [0.2, 0.25) is 0 Å². The lowest BCUT2D eigenvalue weighted by Gasteiger charge is -2.63. The summed E-state index contributed by atoms with van der Waals surface area (Å²) in [6, 6.07) is 0. The van der Waals surface area contributed by atoms with Crippen LogP contribution in [-0.2, 0) is 0 Å². The maximum Gasteiger partial charge on any atom is -0.0264 e. The third kappa shape index (κ3) is 4.39. The molecule has 0 aromatic rings. The minimum atomic E-state index is 0.593. The fraction of sp³-hybridized carbons (Fsp3) is 0.931. The SMILES string of the molecule is C=CCC1CCC2C(CCC3(C)C4CC(C)(C)CCC4CCC23)C1CCC.CC. The molecule has 8 unspecified atom stereocenters. The lowest BCUT2D eigenvalue weighted by atomic mass is 9.42. The topological polar surface area (TPSA) is 0 Å². The Morgan fingerprint density at radius 2 is 1.62 bits per heavy atom. The zero-order valence-corrected chi connectivity index (χ0v) is 20.8. The molecule has 0 spiro atoms. The van der Waals surface area contributed by atoms with Gasteiger partial charge in [-0.2, -0.15) is 0 Å². The van der Waals surface area contributed by atoms with Gasteiger partial charge in [0.1, 0.15) is 0 Å². The number of hydrogen-bond donors (Lipinski definition) is 0. The van der Waals surface area contributed by atoms with E-state index in [1.54, 1.807) is 19.3 Å². The highest BCUT2D eigenvalue weighted by Crippen LogP contribution is 2.66. The summed E-state index contributed by atoms with van der Waals surface area (Å²) in [7, 11) is 0. The molecule has 168 valence electrons. The molecule has 0 heterocycles. The van der Waals surface area contributed by atoms with Crippen LogP contribution in [0.4, 0.5) is 0 Å². The van der Waals surface area contributed by atoms with Crippen LogP contribution in [-0.4, -0.2) is 0 Å². The highest BCUT2D eigenvalue weighted by atomic mass is 14.6. The van der Waals surface area contributed by atoms with E-state index in [9.17, 15) is 0 Å². The van der Waals surface area contributed by atoms with Crippen LogP contribution in [0.2, 0.25) is 0 Å². The smallest absolute Gasteiger partial charge is 0.0264 e. The monoisotopic (exact) mass is 400 g/mol. The molecule has 4 aliphatic carbocycles. The second-order valence-corrected chi connectivity index (χ2v) is 12.1. The van der Waals surface area contributed by atoms with Gasteiger partial charge in [-0.05, 0) is 116 Å². The van der Waals surface area contributed by atoms with Crippen molar-refractivity contribution in [1.29, 1.82) is 0 Å². The molecule has 4 aliphatic rings. The van der Waals surface area contributed by atoms with Gasteiger partial charge in [0.25, 0.3) is 0 Å². The van der Waals surface area contributed by atoms with Gasteiger partial charge >= 0.3 is 0 Å². The fourth-order valence-electron chi connectivity index (χ4n) is 9.03. The van der Waals surface area contributed by atoms with Crippen molar-refractivity contribution in [1.82, 2.24) is 0 Å². The molecule has 0 saturated heterocycles. The number of fused-ring (bicyclic) bond motifs is 5. The molecule has 0 bridgehead atoms. The highest BCUT2D eigenvalue weighted by molar-refractivity contribution is 5.07. The Balaban J connectivity index is 0.00000117. The van der Waals surface area contributed by atoms with Crippen LogP contribution >= 0.6 is 0 Å². The molecule has 0 aromatic carbocycles. The van der Waals surface area contributed by atoms with Crippen molar-refractivity contribution in [2.45, 2.75) is 119 Å². The predicted octanol–water partition coefficient (Wildman–Crippen LogP) is 9.30. The van der Waals surface area contributed by atoms with E-state index >= 15 is 0 Å². The first-order chi connectivity index (χ1) is 13.9. The fourth-order valence-corrected chi connectivity index (χ4v) is 9.03. The lowest BCUT2D eigenvalue weighted by molar-refractivity contribution is -0.140. The minimum Gasteiger partial charge on any atom is -0.103 e. The number of hydrogen-bond acceptors (Lipinski definition) is 0. The summed E-state index contributed by atoms with van der Waals surface area (Å²) in [5, 5.41) is 0. The normalized spacial score (nSPS) is 45.7. The van der Waals surface area contributed by atoms with Crippen LogP contribution in [0, 0.1) is 52.3 Å². The third-order valence-corrected chi connectivity index (χ3v) is 10.3. The molecule has 8 atom stereocenters. The Morgan fingerprint density at radius 1 is 0.862 bits per heavy atom. The number of allylic oxidation sites excluding steroid dienone is 1. The van der Waals surface area contributed by atoms with Crippen LogP contribution in [0.1, 0.15) is 119 Å². The van der Waals surface area contributed by atoms with E-state index in [0.717, 1.165) is 41.4 Å². The molecule has 0 aliphatic heterocycles. The first-order valence-electron chi connectivity index (χ1n) is 13.5. The average molecular weight is 401 g/mol. The Morgan fingerprint density at radius 3 is 2.31 bits per heavy atom. The second-order valence-electron chi connectivity index (χ2n) is 12.1. The molecule has 0 heteroatoms. The molecule has 0 N–H and O–H groups in total. The van der Waals surface area contributed by atoms with Crippen molar-refractivity contribution < 1.29 is 0 Å². The van der Waals surface area contributed by atoms with Crippen molar-refractivity contribution in [3.8, 4) is 0 Å². The van der Waals surface area contributed by atoms with Gasteiger partial charge in [-0.3, -0.25) is 0 Å². The second kappa shape index (κ2) is 9.48. The van der Waals surface area contributed by atoms with Gasteiger partial charge in [-0.15, -0.1) is 6.58 Å². The van der Waals surface area contributed by atoms with Gasteiger partial charge in [0, 0.05) is 0 Å². The molecule has 0 nitrogen and oxygen atoms in total. The summed E-state index contributed by atoms with van der Waals surface area (Å²) >= 11 is 0. The van der Waals surface area contributed by atoms with Crippen molar-refractivity contribution in [3.05, 3.63) is 12.7 Å². The lowest BCUT2D eigenvalue weighted by Crippen LogP contribution is -2.55. The molecule has 4 rings (SSSR count). The van der Waals surface area contributed by atoms with Crippen molar-refractivity contribution in [2.24, 2.45) is 52.3 Å². The van der Waals surface area contributed by atoms with Crippen LogP contribution < -0.4 is 0 Å². The summed E-state index contributed by atoms with van der Waals surface area (Å²) in [6.07, 6.45) is 20.1. The first kappa shape index (κ1) is 23.4. The predicted molar refractivity (Wildman–Crippen MR) is 129 cm³/mol. The van der Waals surface area contributed by atoms with Gasteiger partial charge < -0.3 is 0 Å². The summed E-state index contributed by atoms with van der Waals surface area (Å²) in [5.74, 6) is 7.14. The van der Waals surface area contributed by atoms with Crippen molar-refractivity contribution in [2.75, 3.05) is 0 Å². The summed E-state index contributed by atoms with van der Waals surface area (Å²) in [5.41, 5.74) is 1.25. The van der Waals surface area contributed by atoms with Crippen LogP contribution in [0.5, 0.6) is 0 Å². The molecule has 0 radical (unpaired) electrons. The van der Waals surface area contributed by atoms with E-state index in [1.807, 2.05) is 13.8 Å². The van der Waals surface area contributed by atoms with E-state index in [2.05, 4.69) is 40.3 Å². The molecule has 4 fully saturated rings. The van der Waals surface area contributed by atoms with E-state index in [0.29, 0.717) is 10.8 Å². The van der Waals surface area contributed by atoms with E-state index < -0.39 is 0 Å². The molecular weight excluding hydrogens is 348 g/mol. The van der Waals surface area contributed by atoms with Gasteiger partial charge in [-0.1, -0.05) is 60.5 Å². The quantitative estimate of drug-likeness (QED) is 0.412. The van der Waals surface area contributed by atoms with Gasteiger partial charge in [-0.25, -0.2) is 0 Å². The van der Waals surface area contributed by atoms with Crippen molar-refractivity contribution >= 4 is 0 Å². The molecule has 0 aromatic heterocycles. The van der Waals surface area contributed by atoms with Gasteiger partial charge in [0.05, 0.1) is 0 Å². The largest absolute Gasteiger partial charge is 0.103 e. The van der Waals surface area contributed by atoms with E-state index in [-0.39, 0.29) is 0 Å². The minimum absolute atomic E-state index is 0.593. The van der Waals surface area contributed by atoms with Crippen LogP contribution in [0.15, 0.2) is 12.7 Å². The standard InChI is InChI=1S/C27H46.C2H6/c1-6-8-19-10-12-23-22(21(19)9-7-2)15-17-27(5)24(23)13-11-20-14-16-26(3,4)18-25(20)27;1-2/h6,19-25H,1,7-18H2,2-5H3;1-2H3. The maximum atomic E-state index is 4.09. The van der Waals surface area contributed by atoms with E-state index in [1.165, 1.54) is 57.8 Å². The summed E-state index contributed by atoms with van der Waals surface area (Å²) < 4.78 is 0. The van der Waals surface area contributed by atoms with Crippen LogP contribution in [0.3, 0.4) is 0 Å². The summed E-state index contributed by atoms with van der Waals surface area (Å²) in [4.78, 5) is 0.